The number of fused-ring (bicyclic) bond motifs is 1. The van der Waals surface area contributed by atoms with Crippen molar-refractivity contribution in [2.45, 2.75) is 25.8 Å². The molecule has 1 saturated heterocycles. The van der Waals surface area contributed by atoms with Crippen LogP contribution >= 0.6 is 12.4 Å². The summed E-state index contributed by atoms with van der Waals surface area (Å²) in [5.41, 5.74) is 1.84. The van der Waals surface area contributed by atoms with Gasteiger partial charge in [-0.1, -0.05) is 12.1 Å². The van der Waals surface area contributed by atoms with E-state index in [4.69, 9.17) is 4.74 Å². The van der Waals surface area contributed by atoms with Crippen LogP contribution in [0, 0.1) is 0 Å². The first-order valence-corrected chi connectivity index (χ1v) is 10.7. The highest BCUT2D eigenvalue weighted by Gasteiger charge is 2.36. The zero-order chi connectivity index (χ0) is 21.8. The molecule has 4 rings (SSSR count). The van der Waals surface area contributed by atoms with Crippen molar-refractivity contribution in [3.8, 4) is 5.75 Å². The minimum absolute atomic E-state index is 0. The molecule has 0 aromatic heterocycles. The van der Waals surface area contributed by atoms with Crippen LogP contribution in [-0.4, -0.2) is 60.8 Å². The molecule has 3 amide bonds. The van der Waals surface area contributed by atoms with Gasteiger partial charge in [-0.05, 0) is 74.8 Å². The number of imide groups is 1. The van der Waals surface area contributed by atoms with Gasteiger partial charge >= 0.3 is 0 Å². The Labute approximate surface area is 194 Å². The maximum Gasteiger partial charge on any atom is 0.261 e. The van der Waals surface area contributed by atoms with Gasteiger partial charge in [0.1, 0.15) is 5.75 Å². The first kappa shape index (κ1) is 23.8. The van der Waals surface area contributed by atoms with Gasteiger partial charge in [-0.3, -0.25) is 19.3 Å². The van der Waals surface area contributed by atoms with Gasteiger partial charge in [-0.2, -0.15) is 0 Å². The van der Waals surface area contributed by atoms with Gasteiger partial charge in [0, 0.05) is 12.1 Å². The lowest BCUT2D eigenvalue weighted by Crippen LogP contribution is -2.29. The van der Waals surface area contributed by atoms with Gasteiger partial charge < -0.3 is 15.0 Å². The van der Waals surface area contributed by atoms with E-state index in [0.717, 1.165) is 31.6 Å². The van der Waals surface area contributed by atoms with Crippen LogP contribution in [0.1, 0.15) is 55.9 Å². The van der Waals surface area contributed by atoms with Crippen molar-refractivity contribution >= 4 is 30.1 Å². The molecule has 0 saturated carbocycles. The minimum atomic E-state index is -0.375. The van der Waals surface area contributed by atoms with Crippen LogP contribution < -0.4 is 10.1 Å². The number of halogens is 1. The number of benzene rings is 2. The molecule has 2 aromatic carbocycles. The van der Waals surface area contributed by atoms with Crippen LogP contribution in [0.3, 0.4) is 0 Å². The van der Waals surface area contributed by atoms with Gasteiger partial charge in [0.2, 0.25) is 0 Å². The fraction of sp³-hybridized carbons (Fsp3) is 0.375. The summed E-state index contributed by atoms with van der Waals surface area (Å²) in [5.74, 6) is -0.229. The SMILES string of the molecule is COc1ccc(CN2C(=O)c3ccc(C(=O)NCCCN4CCCC4)cc3C2=O)cc1.Cl. The van der Waals surface area contributed by atoms with Crippen molar-refractivity contribution < 1.29 is 19.1 Å². The Morgan fingerprint density at radius 2 is 1.69 bits per heavy atom. The lowest BCUT2D eigenvalue weighted by atomic mass is 10.1. The zero-order valence-corrected chi connectivity index (χ0v) is 19.0. The van der Waals surface area contributed by atoms with E-state index >= 15 is 0 Å². The Bertz CT molecular complexity index is 987. The van der Waals surface area contributed by atoms with E-state index in [9.17, 15) is 14.4 Å². The lowest BCUT2D eigenvalue weighted by Gasteiger charge is -2.14. The molecule has 2 aromatic rings. The summed E-state index contributed by atoms with van der Waals surface area (Å²) in [6.07, 6.45) is 3.40. The van der Waals surface area contributed by atoms with Crippen molar-refractivity contribution in [1.29, 1.82) is 0 Å². The number of carbonyl (C=O) groups is 3. The molecule has 2 aliphatic rings. The smallest absolute Gasteiger partial charge is 0.261 e. The van der Waals surface area contributed by atoms with Crippen molar-refractivity contribution in [2.24, 2.45) is 0 Å². The number of nitrogens with zero attached hydrogens (tertiary/aromatic N) is 2. The summed E-state index contributed by atoms with van der Waals surface area (Å²) >= 11 is 0. The predicted octanol–water partition coefficient (Wildman–Crippen LogP) is 3.13. The molecule has 2 aliphatic heterocycles. The minimum Gasteiger partial charge on any atom is -0.497 e. The second-order valence-corrected chi connectivity index (χ2v) is 7.96. The summed E-state index contributed by atoms with van der Waals surface area (Å²) in [4.78, 5) is 41.7. The molecule has 0 radical (unpaired) electrons. The van der Waals surface area contributed by atoms with E-state index in [1.165, 1.54) is 23.8 Å². The van der Waals surface area contributed by atoms with E-state index < -0.39 is 0 Å². The Morgan fingerprint density at radius 1 is 1.00 bits per heavy atom. The summed E-state index contributed by atoms with van der Waals surface area (Å²) in [7, 11) is 1.58. The number of nitrogens with one attached hydrogen (secondary N) is 1. The fourth-order valence-corrected chi connectivity index (χ4v) is 4.10. The maximum atomic E-state index is 12.9. The predicted molar refractivity (Wildman–Crippen MR) is 124 cm³/mol. The van der Waals surface area contributed by atoms with E-state index in [1.807, 2.05) is 12.1 Å². The largest absolute Gasteiger partial charge is 0.497 e. The molecule has 7 nitrogen and oxygen atoms in total. The fourth-order valence-electron chi connectivity index (χ4n) is 4.10. The van der Waals surface area contributed by atoms with Crippen molar-refractivity contribution in [3.05, 3.63) is 64.7 Å². The second kappa shape index (κ2) is 10.6. The highest BCUT2D eigenvalue weighted by atomic mass is 35.5. The highest BCUT2D eigenvalue weighted by molar-refractivity contribution is 6.22. The third-order valence-electron chi connectivity index (χ3n) is 5.87. The van der Waals surface area contributed by atoms with Gasteiger partial charge in [0.05, 0.1) is 24.8 Å². The summed E-state index contributed by atoms with van der Waals surface area (Å²) in [6, 6.07) is 11.9. The molecular formula is C24H28ClN3O4. The molecular weight excluding hydrogens is 430 g/mol. The molecule has 1 N–H and O–H groups in total. The maximum absolute atomic E-state index is 12.9. The van der Waals surface area contributed by atoms with Crippen molar-refractivity contribution in [1.82, 2.24) is 15.1 Å². The Balaban J connectivity index is 0.00000289. The van der Waals surface area contributed by atoms with Crippen molar-refractivity contribution in [3.63, 3.8) is 0 Å². The van der Waals surface area contributed by atoms with Gasteiger partial charge in [0.25, 0.3) is 17.7 Å². The molecule has 0 spiro atoms. The molecule has 0 atom stereocenters. The van der Waals surface area contributed by atoms with E-state index in [-0.39, 0.29) is 42.2 Å². The number of likely N-dealkylation sites (tertiary alicyclic amines) is 1. The third-order valence-corrected chi connectivity index (χ3v) is 5.87. The second-order valence-electron chi connectivity index (χ2n) is 7.96. The molecule has 2 heterocycles. The summed E-state index contributed by atoms with van der Waals surface area (Å²) in [6.45, 7) is 4.03. The Morgan fingerprint density at radius 3 is 2.38 bits per heavy atom. The van der Waals surface area contributed by atoms with E-state index in [1.54, 1.807) is 31.4 Å². The van der Waals surface area contributed by atoms with Crippen molar-refractivity contribution in [2.75, 3.05) is 33.3 Å². The number of ether oxygens (including phenoxy) is 1. The molecule has 0 aliphatic carbocycles. The van der Waals surface area contributed by atoms with Crippen LogP contribution in [0.5, 0.6) is 5.75 Å². The quantitative estimate of drug-likeness (QED) is 0.486. The third kappa shape index (κ3) is 5.11. The Kier molecular flexibility index (Phi) is 7.88. The van der Waals surface area contributed by atoms with Crippen LogP contribution in [-0.2, 0) is 6.54 Å². The topological polar surface area (TPSA) is 79.0 Å². The standard InChI is InChI=1S/C24H27N3O4.ClH/c1-31-19-8-5-17(6-9-19)16-27-23(29)20-10-7-18(15-21(20)24(27)30)22(28)25-11-4-14-26-12-2-3-13-26;/h5-10,15H,2-4,11-14,16H2,1H3,(H,25,28);1H. The molecule has 8 heteroatoms. The van der Waals surface area contributed by atoms with E-state index in [2.05, 4.69) is 10.2 Å². The van der Waals surface area contributed by atoms with E-state index in [0.29, 0.717) is 23.4 Å². The molecule has 1 fully saturated rings. The average molecular weight is 458 g/mol. The summed E-state index contributed by atoms with van der Waals surface area (Å²) in [5, 5.41) is 2.91. The molecule has 0 unspecified atom stereocenters. The van der Waals surface area contributed by atoms with Gasteiger partial charge in [-0.25, -0.2) is 0 Å². The molecule has 32 heavy (non-hydrogen) atoms. The van der Waals surface area contributed by atoms with Crippen LogP contribution in [0.25, 0.3) is 0 Å². The normalized spacial score (nSPS) is 15.5. The molecule has 0 bridgehead atoms. The number of amides is 3. The molecule has 170 valence electrons. The van der Waals surface area contributed by atoms with Gasteiger partial charge in [-0.15, -0.1) is 12.4 Å². The number of hydrogen-bond acceptors (Lipinski definition) is 5. The zero-order valence-electron chi connectivity index (χ0n) is 18.1. The number of rotatable bonds is 8. The average Bonchev–Trinajstić information content (AvgIpc) is 3.40. The highest BCUT2D eigenvalue weighted by Crippen LogP contribution is 2.26. The summed E-state index contributed by atoms with van der Waals surface area (Å²) < 4.78 is 5.14. The number of carbonyl (C=O) groups excluding carboxylic acids is 3. The van der Waals surface area contributed by atoms with Crippen LogP contribution in [0.4, 0.5) is 0 Å². The lowest BCUT2D eigenvalue weighted by molar-refractivity contribution is 0.0642. The first-order valence-electron chi connectivity index (χ1n) is 10.7. The first-order chi connectivity index (χ1) is 15.1. The van der Waals surface area contributed by atoms with Crippen LogP contribution in [0.15, 0.2) is 42.5 Å². The monoisotopic (exact) mass is 457 g/mol. The number of methoxy groups -OCH3 is 1. The van der Waals surface area contributed by atoms with Crippen LogP contribution in [0.2, 0.25) is 0 Å². The Hall–Kier alpha value is -2.90. The number of hydrogen-bond donors (Lipinski definition) is 1. The van der Waals surface area contributed by atoms with Gasteiger partial charge in [0.15, 0.2) is 0 Å².